The van der Waals surface area contributed by atoms with Crippen LogP contribution >= 0.6 is 0 Å². The van der Waals surface area contributed by atoms with Crippen LogP contribution in [0.15, 0.2) is 47.5 Å². The second-order valence-electron chi connectivity index (χ2n) is 6.84. The Morgan fingerprint density at radius 3 is 2.61 bits per heavy atom. The summed E-state index contributed by atoms with van der Waals surface area (Å²) in [6, 6.07) is 10.8. The molecule has 0 aromatic heterocycles. The second kappa shape index (κ2) is 11.3. The number of nitrogens with one attached hydrogen (secondary N) is 2. The number of nitrogens with zero attached hydrogens (tertiary/aromatic N) is 2. The molecule has 0 atom stereocenters. The SMILES string of the molecule is COc1ccc(C(=O)NC(=NCCN2CCOCC2)Nc2cccc(F)c2)cc1OC. The summed E-state index contributed by atoms with van der Waals surface area (Å²) in [5.74, 6) is 0.438. The number of carbonyl (C=O) groups excluding carboxylic acids is 1. The van der Waals surface area contributed by atoms with Gasteiger partial charge < -0.3 is 19.5 Å². The predicted octanol–water partition coefficient (Wildman–Crippen LogP) is 2.37. The predicted molar refractivity (Wildman–Crippen MR) is 117 cm³/mol. The van der Waals surface area contributed by atoms with Crippen LogP contribution < -0.4 is 20.1 Å². The summed E-state index contributed by atoms with van der Waals surface area (Å²) in [5.41, 5.74) is 0.859. The first-order valence-electron chi connectivity index (χ1n) is 9.99. The van der Waals surface area contributed by atoms with Crippen molar-refractivity contribution in [2.45, 2.75) is 0 Å². The van der Waals surface area contributed by atoms with Gasteiger partial charge in [0.15, 0.2) is 11.5 Å². The van der Waals surface area contributed by atoms with Gasteiger partial charge in [-0.3, -0.25) is 20.0 Å². The highest BCUT2D eigenvalue weighted by molar-refractivity contribution is 6.10. The Hall–Kier alpha value is -3.17. The van der Waals surface area contributed by atoms with E-state index in [9.17, 15) is 9.18 Å². The normalized spacial score (nSPS) is 14.7. The number of anilines is 1. The maximum Gasteiger partial charge on any atom is 0.258 e. The van der Waals surface area contributed by atoms with Crippen LogP contribution in [-0.2, 0) is 4.74 Å². The van der Waals surface area contributed by atoms with Gasteiger partial charge in [0.05, 0.1) is 34.0 Å². The van der Waals surface area contributed by atoms with Crippen molar-refractivity contribution < 1.29 is 23.4 Å². The number of ether oxygens (including phenoxy) is 3. The average Bonchev–Trinajstić information content (AvgIpc) is 2.79. The molecule has 1 fully saturated rings. The van der Waals surface area contributed by atoms with E-state index in [0.717, 1.165) is 19.6 Å². The third-order valence-electron chi connectivity index (χ3n) is 4.75. The van der Waals surface area contributed by atoms with E-state index in [4.69, 9.17) is 14.2 Å². The summed E-state index contributed by atoms with van der Waals surface area (Å²) < 4.78 is 29.4. The maximum absolute atomic E-state index is 13.6. The first-order chi connectivity index (χ1) is 15.1. The van der Waals surface area contributed by atoms with Crippen LogP contribution in [0.1, 0.15) is 10.4 Å². The summed E-state index contributed by atoms with van der Waals surface area (Å²) in [7, 11) is 3.03. The minimum Gasteiger partial charge on any atom is -0.493 e. The first-order valence-corrected chi connectivity index (χ1v) is 9.99. The van der Waals surface area contributed by atoms with Crippen molar-refractivity contribution in [1.29, 1.82) is 0 Å². The van der Waals surface area contributed by atoms with Crippen molar-refractivity contribution in [2.24, 2.45) is 4.99 Å². The molecule has 0 aliphatic carbocycles. The zero-order valence-corrected chi connectivity index (χ0v) is 17.7. The fourth-order valence-corrected chi connectivity index (χ4v) is 3.10. The molecule has 1 amide bonds. The van der Waals surface area contributed by atoms with Crippen LogP contribution in [0.4, 0.5) is 10.1 Å². The number of methoxy groups -OCH3 is 2. The summed E-state index contributed by atoms with van der Waals surface area (Å²) in [4.78, 5) is 19.6. The molecule has 0 saturated carbocycles. The highest BCUT2D eigenvalue weighted by atomic mass is 19.1. The lowest BCUT2D eigenvalue weighted by Gasteiger charge is -2.25. The average molecular weight is 430 g/mol. The molecule has 31 heavy (non-hydrogen) atoms. The second-order valence-corrected chi connectivity index (χ2v) is 6.84. The number of carbonyl (C=O) groups is 1. The fraction of sp³-hybridized carbons (Fsp3) is 0.364. The van der Waals surface area contributed by atoms with E-state index in [-0.39, 0.29) is 17.7 Å². The number of guanidine groups is 1. The van der Waals surface area contributed by atoms with Gasteiger partial charge in [0.2, 0.25) is 5.96 Å². The molecule has 8 nitrogen and oxygen atoms in total. The van der Waals surface area contributed by atoms with Gasteiger partial charge in [-0.2, -0.15) is 0 Å². The lowest BCUT2D eigenvalue weighted by molar-refractivity contribution is 0.0394. The van der Waals surface area contributed by atoms with Gasteiger partial charge in [-0.05, 0) is 36.4 Å². The third kappa shape index (κ3) is 6.66. The molecular formula is C22H27FN4O4. The van der Waals surface area contributed by atoms with Gasteiger partial charge in [0, 0.05) is 30.9 Å². The molecule has 2 aromatic rings. The summed E-state index contributed by atoms with van der Waals surface area (Å²) in [6.07, 6.45) is 0. The van der Waals surface area contributed by atoms with Crippen LogP contribution in [-0.4, -0.2) is 70.4 Å². The van der Waals surface area contributed by atoms with Crippen molar-refractivity contribution >= 4 is 17.6 Å². The smallest absolute Gasteiger partial charge is 0.258 e. The minimum atomic E-state index is -0.385. The van der Waals surface area contributed by atoms with E-state index < -0.39 is 0 Å². The van der Waals surface area contributed by atoms with Gasteiger partial charge >= 0.3 is 0 Å². The zero-order chi connectivity index (χ0) is 22.1. The molecule has 0 radical (unpaired) electrons. The lowest BCUT2D eigenvalue weighted by atomic mass is 10.2. The van der Waals surface area contributed by atoms with E-state index in [2.05, 4.69) is 20.5 Å². The van der Waals surface area contributed by atoms with E-state index >= 15 is 0 Å². The molecule has 1 saturated heterocycles. The van der Waals surface area contributed by atoms with Crippen LogP contribution in [0.25, 0.3) is 0 Å². The Bertz CT molecular complexity index is 916. The van der Waals surface area contributed by atoms with Gasteiger partial charge in [0.25, 0.3) is 5.91 Å². The van der Waals surface area contributed by atoms with Crippen molar-refractivity contribution in [1.82, 2.24) is 10.2 Å². The van der Waals surface area contributed by atoms with E-state index in [1.54, 1.807) is 30.3 Å². The summed E-state index contributed by atoms with van der Waals surface area (Å²) in [5, 5.41) is 5.75. The zero-order valence-electron chi connectivity index (χ0n) is 17.7. The standard InChI is InChI=1S/C22H27FN4O4/c1-29-19-7-6-16(14-20(19)30-2)21(28)26-22(25-18-5-3-4-17(23)15-18)24-8-9-27-10-12-31-13-11-27/h3-7,14-15H,8-13H2,1-2H3,(H2,24,25,26,28). The first kappa shape index (κ1) is 22.5. The van der Waals surface area contributed by atoms with Crippen molar-refractivity contribution in [3.05, 3.63) is 53.8 Å². The Morgan fingerprint density at radius 1 is 1.13 bits per heavy atom. The minimum absolute atomic E-state index is 0.235. The number of benzene rings is 2. The van der Waals surface area contributed by atoms with Crippen LogP contribution in [0, 0.1) is 5.82 Å². The van der Waals surface area contributed by atoms with E-state index in [1.165, 1.54) is 26.4 Å². The van der Waals surface area contributed by atoms with Gasteiger partial charge in [-0.1, -0.05) is 6.07 Å². The molecular weight excluding hydrogens is 403 g/mol. The van der Waals surface area contributed by atoms with Gasteiger partial charge in [0.1, 0.15) is 5.82 Å². The van der Waals surface area contributed by atoms with Crippen LogP contribution in [0.3, 0.4) is 0 Å². The molecule has 0 spiro atoms. The number of rotatable bonds is 7. The van der Waals surface area contributed by atoms with Crippen molar-refractivity contribution in [2.75, 3.05) is 58.9 Å². The topological polar surface area (TPSA) is 84.4 Å². The molecule has 1 heterocycles. The molecule has 3 rings (SSSR count). The molecule has 2 aromatic carbocycles. The summed E-state index contributed by atoms with van der Waals surface area (Å²) >= 11 is 0. The van der Waals surface area contributed by atoms with Crippen molar-refractivity contribution in [3.8, 4) is 11.5 Å². The number of hydrogen-bond donors (Lipinski definition) is 2. The Kier molecular flexibility index (Phi) is 8.19. The Balaban J connectivity index is 1.73. The third-order valence-corrected chi connectivity index (χ3v) is 4.75. The Labute approximate surface area is 181 Å². The van der Waals surface area contributed by atoms with E-state index in [1.807, 2.05) is 0 Å². The molecule has 1 aliphatic rings. The molecule has 0 unspecified atom stereocenters. The molecule has 166 valence electrons. The van der Waals surface area contributed by atoms with Gasteiger partial charge in [-0.25, -0.2) is 4.39 Å². The number of amides is 1. The van der Waals surface area contributed by atoms with Crippen molar-refractivity contribution in [3.63, 3.8) is 0 Å². The fourth-order valence-electron chi connectivity index (χ4n) is 3.10. The number of halogens is 1. The lowest BCUT2D eigenvalue weighted by Crippen LogP contribution is -2.39. The monoisotopic (exact) mass is 430 g/mol. The highest BCUT2D eigenvalue weighted by Crippen LogP contribution is 2.27. The van der Waals surface area contributed by atoms with Crippen LogP contribution in [0.5, 0.6) is 11.5 Å². The van der Waals surface area contributed by atoms with E-state index in [0.29, 0.717) is 42.5 Å². The quantitative estimate of drug-likeness (QED) is 0.518. The molecule has 0 bridgehead atoms. The molecule has 1 aliphatic heterocycles. The number of morpholine rings is 1. The molecule has 2 N–H and O–H groups in total. The van der Waals surface area contributed by atoms with Crippen LogP contribution in [0.2, 0.25) is 0 Å². The maximum atomic E-state index is 13.6. The largest absolute Gasteiger partial charge is 0.493 e. The Morgan fingerprint density at radius 2 is 1.90 bits per heavy atom. The highest BCUT2D eigenvalue weighted by Gasteiger charge is 2.14. The number of hydrogen-bond acceptors (Lipinski definition) is 6. The van der Waals surface area contributed by atoms with Gasteiger partial charge in [-0.15, -0.1) is 0 Å². The number of aliphatic imine (C=N–C) groups is 1. The molecule has 9 heteroatoms. The summed E-state index contributed by atoms with van der Waals surface area (Å²) in [6.45, 7) is 4.29.